The van der Waals surface area contributed by atoms with Crippen molar-refractivity contribution in [2.45, 2.75) is 20.0 Å². The van der Waals surface area contributed by atoms with Crippen LogP contribution in [-0.4, -0.2) is 52.0 Å². The molecule has 0 aliphatic rings. The first-order chi connectivity index (χ1) is 7.22. The summed E-state index contributed by atoms with van der Waals surface area (Å²) in [6.07, 6.45) is -0.415. The maximum Gasteiger partial charge on any atom is 0.248 e. The zero-order valence-corrected chi connectivity index (χ0v) is 11.1. The van der Waals surface area contributed by atoms with Crippen LogP contribution in [0.2, 0.25) is 0 Å². The number of carbonyl (C=O) groups is 1. The summed E-state index contributed by atoms with van der Waals surface area (Å²) in [5, 5.41) is 5.70. The summed E-state index contributed by atoms with van der Waals surface area (Å²) >= 11 is 0. The van der Waals surface area contributed by atoms with E-state index in [2.05, 4.69) is 10.6 Å². The highest BCUT2D eigenvalue weighted by atomic mass is 35.5. The van der Waals surface area contributed by atoms with E-state index >= 15 is 0 Å². The largest absolute Gasteiger partial charge is 0.379 e. The maximum atomic E-state index is 11.4. The van der Waals surface area contributed by atoms with E-state index in [4.69, 9.17) is 9.47 Å². The molecule has 1 unspecified atom stereocenters. The van der Waals surface area contributed by atoms with Gasteiger partial charge in [-0.1, -0.05) is 0 Å². The van der Waals surface area contributed by atoms with E-state index < -0.39 is 6.10 Å². The van der Waals surface area contributed by atoms with Crippen LogP contribution in [0.25, 0.3) is 0 Å². The number of rotatable bonds is 9. The lowest BCUT2D eigenvalue weighted by Crippen LogP contribution is -2.38. The van der Waals surface area contributed by atoms with E-state index in [0.29, 0.717) is 26.4 Å². The Kier molecular flexibility index (Phi) is 14.3. The molecule has 5 nitrogen and oxygen atoms in total. The monoisotopic (exact) mass is 254 g/mol. The second-order valence-corrected chi connectivity index (χ2v) is 3.10. The van der Waals surface area contributed by atoms with Gasteiger partial charge in [0.1, 0.15) is 6.10 Å². The Morgan fingerprint density at radius 1 is 1.31 bits per heavy atom. The molecule has 0 aliphatic carbocycles. The molecule has 6 heteroatoms. The Morgan fingerprint density at radius 3 is 2.56 bits per heavy atom. The lowest BCUT2D eigenvalue weighted by atomic mass is 10.3. The first kappa shape index (κ1) is 18.0. The number of ether oxygens (including phenoxy) is 2. The fourth-order valence-electron chi connectivity index (χ4n) is 0.958. The summed E-state index contributed by atoms with van der Waals surface area (Å²) in [7, 11) is 1.84. The van der Waals surface area contributed by atoms with Crippen molar-refractivity contribution in [3.63, 3.8) is 0 Å². The van der Waals surface area contributed by atoms with Gasteiger partial charge in [-0.15, -0.1) is 12.4 Å². The fourth-order valence-corrected chi connectivity index (χ4v) is 0.958. The van der Waals surface area contributed by atoms with Crippen LogP contribution >= 0.6 is 12.4 Å². The molecule has 1 amide bonds. The zero-order valence-electron chi connectivity index (χ0n) is 10.2. The third-order valence-corrected chi connectivity index (χ3v) is 1.84. The summed E-state index contributed by atoms with van der Waals surface area (Å²) in [6, 6.07) is 0. The van der Waals surface area contributed by atoms with Gasteiger partial charge in [-0.2, -0.15) is 0 Å². The van der Waals surface area contributed by atoms with Crippen molar-refractivity contribution in [1.82, 2.24) is 10.6 Å². The number of likely N-dealkylation sites (N-methyl/N-ethyl adjacent to an activating group) is 1. The number of carbonyl (C=O) groups excluding carboxylic acids is 1. The molecular weight excluding hydrogens is 232 g/mol. The van der Waals surface area contributed by atoms with Gasteiger partial charge < -0.3 is 20.1 Å². The van der Waals surface area contributed by atoms with E-state index in [1.54, 1.807) is 6.92 Å². The van der Waals surface area contributed by atoms with Gasteiger partial charge in [-0.05, 0) is 20.9 Å². The first-order valence-electron chi connectivity index (χ1n) is 5.34. The Morgan fingerprint density at radius 2 is 2.00 bits per heavy atom. The molecule has 0 spiro atoms. The van der Waals surface area contributed by atoms with Crippen LogP contribution in [0.5, 0.6) is 0 Å². The Balaban J connectivity index is 0. The van der Waals surface area contributed by atoms with Gasteiger partial charge in [-0.3, -0.25) is 4.79 Å². The standard InChI is InChI=1S/C10H22N2O3.ClH/c1-4-14-7-8-15-9(2)10(13)12-6-5-11-3;/h9,11H,4-8H2,1-3H3,(H,12,13);1H. The van der Waals surface area contributed by atoms with Gasteiger partial charge in [0.05, 0.1) is 13.2 Å². The summed E-state index contributed by atoms with van der Waals surface area (Å²) in [4.78, 5) is 11.4. The third-order valence-electron chi connectivity index (χ3n) is 1.84. The van der Waals surface area contributed by atoms with Gasteiger partial charge in [0.15, 0.2) is 0 Å². The molecule has 0 saturated heterocycles. The predicted octanol–water partition coefficient (Wildman–Crippen LogP) is 0.185. The molecule has 0 aliphatic heterocycles. The predicted molar refractivity (Wildman–Crippen MR) is 66.1 cm³/mol. The van der Waals surface area contributed by atoms with Gasteiger partial charge in [0.2, 0.25) is 5.91 Å². The molecular formula is C10H23ClN2O3. The Labute approximate surface area is 104 Å². The molecule has 0 rings (SSSR count). The summed E-state index contributed by atoms with van der Waals surface area (Å²) in [6.45, 7) is 6.70. The van der Waals surface area contributed by atoms with Gasteiger partial charge in [-0.25, -0.2) is 0 Å². The molecule has 2 N–H and O–H groups in total. The highest BCUT2D eigenvalue weighted by Crippen LogP contribution is 1.90. The van der Waals surface area contributed by atoms with Crippen LogP contribution in [-0.2, 0) is 14.3 Å². The summed E-state index contributed by atoms with van der Waals surface area (Å²) in [5.74, 6) is -0.0817. The maximum absolute atomic E-state index is 11.4. The zero-order chi connectivity index (χ0) is 11.5. The summed E-state index contributed by atoms with van der Waals surface area (Å²) < 4.78 is 10.4. The van der Waals surface area contributed by atoms with Crippen molar-refractivity contribution >= 4 is 18.3 Å². The molecule has 16 heavy (non-hydrogen) atoms. The van der Waals surface area contributed by atoms with E-state index in [9.17, 15) is 4.79 Å². The smallest absolute Gasteiger partial charge is 0.248 e. The normalized spacial score (nSPS) is 11.7. The van der Waals surface area contributed by atoms with Crippen molar-refractivity contribution in [2.24, 2.45) is 0 Å². The molecule has 0 fully saturated rings. The van der Waals surface area contributed by atoms with Gasteiger partial charge in [0, 0.05) is 19.7 Å². The molecule has 98 valence electrons. The van der Waals surface area contributed by atoms with Crippen molar-refractivity contribution in [3.8, 4) is 0 Å². The SMILES string of the molecule is CCOCCOC(C)C(=O)NCCNC.Cl. The number of hydrogen-bond donors (Lipinski definition) is 2. The number of hydrogen-bond acceptors (Lipinski definition) is 4. The van der Waals surface area contributed by atoms with Gasteiger partial charge >= 0.3 is 0 Å². The highest BCUT2D eigenvalue weighted by Gasteiger charge is 2.11. The van der Waals surface area contributed by atoms with Crippen LogP contribution in [0, 0.1) is 0 Å². The molecule has 0 bridgehead atoms. The lowest BCUT2D eigenvalue weighted by Gasteiger charge is -2.13. The van der Waals surface area contributed by atoms with E-state index in [1.165, 1.54) is 0 Å². The quantitative estimate of drug-likeness (QED) is 0.577. The third kappa shape index (κ3) is 10.2. The van der Waals surface area contributed by atoms with Gasteiger partial charge in [0.25, 0.3) is 0 Å². The average molecular weight is 255 g/mol. The van der Waals surface area contributed by atoms with E-state index in [-0.39, 0.29) is 18.3 Å². The number of nitrogens with one attached hydrogen (secondary N) is 2. The first-order valence-corrected chi connectivity index (χ1v) is 5.34. The highest BCUT2D eigenvalue weighted by molar-refractivity contribution is 5.85. The molecule has 1 atom stereocenters. The second kappa shape index (κ2) is 12.7. The van der Waals surface area contributed by atoms with Crippen LogP contribution in [0.3, 0.4) is 0 Å². The van der Waals surface area contributed by atoms with E-state index in [0.717, 1.165) is 6.54 Å². The van der Waals surface area contributed by atoms with Crippen LogP contribution < -0.4 is 10.6 Å². The molecule has 0 aromatic rings. The molecule has 0 radical (unpaired) electrons. The molecule has 0 aromatic carbocycles. The Hall–Kier alpha value is -0.360. The number of halogens is 1. The topological polar surface area (TPSA) is 59.6 Å². The average Bonchev–Trinajstić information content (AvgIpc) is 2.24. The second-order valence-electron chi connectivity index (χ2n) is 3.10. The molecule has 0 heterocycles. The fraction of sp³-hybridized carbons (Fsp3) is 0.900. The van der Waals surface area contributed by atoms with Crippen molar-refractivity contribution in [2.75, 3.05) is 40.0 Å². The van der Waals surface area contributed by atoms with Crippen LogP contribution in [0.1, 0.15) is 13.8 Å². The van der Waals surface area contributed by atoms with Crippen molar-refractivity contribution in [1.29, 1.82) is 0 Å². The number of amides is 1. The minimum absolute atomic E-state index is 0. The van der Waals surface area contributed by atoms with E-state index in [1.807, 2.05) is 14.0 Å². The van der Waals surface area contributed by atoms with Crippen LogP contribution in [0.15, 0.2) is 0 Å². The van der Waals surface area contributed by atoms with Crippen molar-refractivity contribution < 1.29 is 14.3 Å². The lowest BCUT2D eigenvalue weighted by molar-refractivity contribution is -0.132. The van der Waals surface area contributed by atoms with Crippen LogP contribution in [0.4, 0.5) is 0 Å². The molecule has 0 aromatic heterocycles. The Bertz CT molecular complexity index is 170. The van der Waals surface area contributed by atoms with Crippen molar-refractivity contribution in [3.05, 3.63) is 0 Å². The minimum Gasteiger partial charge on any atom is -0.379 e. The minimum atomic E-state index is -0.415. The molecule has 0 saturated carbocycles. The summed E-state index contributed by atoms with van der Waals surface area (Å²) in [5.41, 5.74) is 0.